The summed E-state index contributed by atoms with van der Waals surface area (Å²) in [6, 6.07) is 11.3. The lowest BCUT2D eigenvalue weighted by molar-refractivity contribution is -0.135. The zero-order valence-corrected chi connectivity index (χ0v) is 18.4. The van der Waals surface area contributed by atoms with E-state index in [1.807, 2.05) is 43.0 Å². The number of hydrogen-bond acceptors (Lipinski definition) is 2. The Morgan fingerprint density at radius 1 is 1.10 bits per heavy atom. The van der Waals surface area contributed by atoms with Crippen LogP contribution >= 0.6 is 11.6 Å². The summed E-state index contributed by atoms with van der Waals surface area (Å²) in [6.07, 6.45) is 1.74. The standard InChI is InChI=1S/C24H28ClFN2O2.CH4/c1-15(2)22(27-23(29)21-14-20(26)9-4-16(21)3)24(30)28-12-10-18(11-13-28)17-5-7-19(25)8-6-17;/h4-9,14-15,18,22H,10-13H2,1-3H3,(H,27,29);1H4/t22-;/m1./s1. The molecule has 31 heavy (non-hydrogen) atoms. The van der Waals surface area contributed by atoms with E-state index in [1.165, 1.54) is 17.7 Å². The van der Waals surface area contributed by atoms with Crippen molar-refractivity contribution in [3.05, 3.63) is 70.0 Å². The molecule has 4 nitrogen and oxygen atoms in total. The first-order valence-electron chi connectivity index (χ1n) is 10.4. The number of benzene rings is 2. The van der Waals surface area contributed by atoms with Gasteiger partial charge in [-0.3, -0.25) is 9.59 Å². The molecule has 0 aliphatic carbocycles. The number of likely N-dealkylation sites (tertiary alicyclic amines) is 1. The maximum absolute atomic E-state index is 13.6. The van der Waals surface area contributed by atoms with Gasteiger partial charge < -0.3 is 10.2 Å². The van der Waals surface area contributed by atoms with Crippen LogP contribution in [0.4, 0.5) is 4.39 Å². The largest absolute Gasteiger partial charge is 0.341 e. The van der Waals surface area contributed by atoms with E-state index in [4.69, 9.17) is 11.6 Å². The highest BCUT2D eigenvalue weighted by Gasteiger charge is 2.32. The number of aryl methyl sites for hydroxylation is 1. The Balaban J connectivity index is 0.00000341. The lowest BCUT2D eigenvalue weighted by atomic mass is 9.89. The van der Waals surface area contributed by atoms with Crippen molar-refractivity contribution < 1.29 is 14.0 Å². The van der Waals surface area contributed by atoms with Gasteiger partial charge in [-0.25, -0.2) is 4.39 Å². The van der Waals surface area contributed by atoms with E-state index in [-0.39, 0.29) is 24.8 Å². The smallest absolute Gasteiger partial charge is 0.252 e. The van der Waals surface area contributed by atoms with Crippen LogP contribution in [0.2, 0.25) is 5.02 Å². The molecule has 2 aromatic rings. The summed E-state index contributed by atoms with van der Waals surface area (Å²) in [5.74, 6) is -0.655. The minimum atomic E-state index is -0.646. The topological polar surface area (TPSA) is 49.4 Å². The van der Waals surface area contributed by atoms with Gasteiger partial charge in [0.1, 0.15) is 11.9 Å². The molecule has 1 aliphatic rings. The van der Waals surface area contributed by atoms with Gasteiger partial charge in [0.15, 0.2) is 0 Å². The van der Waals surface area contributed by atoms with E-state index in [0.717, 1.165) is 17.9 Å². The first kappa shape index (κ1) is 24.9. The van der Waals surface area contributed by atoms with E-state index in [2.05, 4.69) is 5.32 Å². The van der Waals surface area contributed by atoms with E-state index < -0.39 is 17.8 Å². The van der Waals surface area contributed by atoms with Gasteiger partial charge in [0.05, 0.1) is 0 Å². The molecular formula is C25H32ClFN2O2. The number of carbonyl (C=O) groups is 2. The molecular weight excluding hydrogens is 415 g/mol. The number of hydrogen-bond donors (Lipinski definition) is 1. The Labute approximate surface area is 189 Å². The minimum Gasteiger partial charge on any atom is -0.341 e. The molecule has 0 spiro atoms. The zero-order valence-electron chi connectivity index (χ0n) is 17.6. The molecule has 6 heteroatoms. The van der Waals surface area contributed by atoms with Gasteiger partial charge in [-0.2, -0.15) is 0 Å². The molecule has 0 radical (unpaired) electrons. The van der Waals surface area contributed by atoms with Crippen molar-refractivity contribution >= 4 is 23.4 Å². The van der Waals surface area contributed by atoms with Crippen molar-refractivity contribution in [2.24, 2.45) is 5.92 Å². The molecule has 168 valence electrons. The fourth-order valence-electron chi connectivity index (χ4n) is 3.94. The Morgan fingerprint density at radius 2 is 1.71 bits per heavy atom. The van der Waals surface area contributed by atoms with Gasteiger partial charge in [-0.1, -0.05) is 51.1 Å². The van der Waals surface area contributed by atoms with Crippen LogP contribution in [0.5, 0.6) is 0 Å². The molecule has 0 saturated carbocycles. The van der Waals surface area contributed by atoms with Gasteiger partial charge in [0, 0.05) is 23.7 Å². The highest BCUT2D eigenvalue weighted by Crippen LogP contribution is 2.29. The molecule has 3 rings (SSSR count). The quantitative estimate of drug-likeness (QED) is 0.651. The average molecular weight is 447 g/mol. The summed E-state index contributed by atoms with van der Waals surface area (Å²) in [4.78, 5) is 27.7. The van der Waals surface area contributed by atoms with Gasteiger partial charge in [-0.15, -0.1) is 0 Å². The molecule has 0 unspecified atom stereocenters. The van der Waals surface area contributed by atoms with Crippen LogP contribution in [0, 0.1) is 18.7 Å². The van der Waals surface area contributed by atoms with Gasteiger partial charge >= 0.3 is 0 Å². The van der Waals surface area contributed by atoms with Crippen molar-refractivity contribution in [1.82, 2.24) is 10.2 Å². The number of carbonyl (C=O) groups excluding carboxylic acids is 2. The van der Waals surface area contributed by atoms with Crippen LogP contribution in [-0.4, -0.2) is 35.8 Å². The lowest BCUT2D eigenvalue weighted by Crippen LogP contribution is -2.53. The van der Waals surface area contributed by atoms with E-state index in [1.54, 1.807) is 13.0 Å². The molecule has 0 aromatic heterocycles. The maximum Gasteiger partial charge on any atom is 0.252 e. The third-order valence-electron chi connectivity index (χ3n) is 5.81. The summed E-state index contributed by atoms with van der Waals surface area (Å²) in [5.41, 5.74) is 2.17. The predicted octanol–water partition coefficient (Wildman–Crippen LogP) is 5.58. The third kappa shape index (κ3) is 6.07. The monoisotopic (exact) mass is 446 g/mol. The number of nitrogens with one attached hydrogen (secondary N) is 1. The number of amides is 2. The summed E-state index contributed by atoms with van der Waals surface area (Å²) < 4.78 is 13.6. The van der Waals surface area contributed by atoms with Crippen LogP contribution in [-0.2, 0) is 4.79 Å². The van der Waals surface area contributed by atoms with Crippen LogP contribution in [0.25, 0.3) is 0 Å². The Bertz CT molecular complexity index is 906. The highest BCUT2D eigenvalue weighted by atomic mass is 35.5. The first-order valence-corrected chi connectivity index (χ1v) is 10.8. The minimum absolute atomic E-state index is 0. The summed E-state index contributed by atoms with van der Waals surface area (Å²) in [7, 11) is 0. The van der Waals surface area contributed by atoms with Crippen molar-refractivity contribution in [3.8, 4) is 0 Å². The molecule has 1 aliphatic heterocycles. The predicted molar refractivity (Wildman–Crippen MR) is 124 cm³/mol. The van der Waals surface area contributed by atoms with Crippen molar-refractivity contribution in [1.29, 1.82) is 0 Å². The number of nitrogens with zero attached hydrogens (tertiary/aromatic N) is 1. The fourth-order valence-corrected chi connectivity index (χ4v) is 4.06. The van der Waals surface area contributed by atoms with Gasteiger partial charge in [0.2, 0.25) is 5.91 Å². The second-order valence-electron chi connectivity index (χ2n) is 8.31. The summed E-state index contributed by atoms with van der Waals surface area (Å²) in [5, 5.41) is 3.55. The van der Waals surface area contributed by atoms with Crippen molar-refractivity contribution in [3.63, 3.8) is 0 Å². The zero-order chi connectivity index (χ0) is 21.8. The molecule has 1 atom stereocenters. The molecule has 1 N–H and O–H groups in total. The Hall–Kier alpha value is -2.40. The van der Waals surface area contributed by atoms with Gasteiger partial charge in [0.25, 0.3) is 5.91 Å². The van der Waals surface area contributed by atoms with E-state index in [0.29, 0.717) is 24.6 Å². The average Bonchev–Trinajstić information content (AvgIpc) is 2.73. The van der Waals surface area contributed by atoms with Crippen LogP contribution in [0.1, 0.15) is 61.5 Å². The fraction of sp³-hybridized carbons (Fsp3) is 0.440. The SMILES string of the molecule is C.Cc1ccc(F)cc1C(=O)N[C@@H](C(=O)N1CCC(c2ccc(Cl)cc2)CC1)C(C)C. The van der Waals surface area contributed by atoms with Crippen LogP contribution in [0.15, 0.2) is 42.5 Å². The van der Waals surface area contributed by atoms with Crippen molar-refractivity contribution in [2.75, 3.05) is 13.1 Å². The molecule has 1 heterocycles. The van der Waals surface area contributed by atoms with Crippen LogP contribution in [0.3, 0.4) is 0 Å². The van der Waals surface area contributed by atoms with E-state index >= 15 is 0 Å². The maximum atomic E-state index is 13.6. The molecule has 1 saturated heterocycles. The second-order valence-corrected chi connectivity index (χ2v) is 8.74. The first-order chi connectivity index (χ1) is 14.3. The normalized spacial score (nSPS) is 15.4. The van der Waals surface area contributed by atoms with Crippen molar-refractivity contribution in [2.45, 2.75) is 53.0 Å². The number of piperidine rings is 1. The molecule has 2 amide bonds. The molecule has 0 bridgehead atoms. The summed E-state index contributed by atoms with van der Waals surface area (Å²) >= 11 is 5.98. The summed E-state index contributed by atoms with van der Waals surface area (Å²) in [6.45, 7) is 6.85. The lowest BCUT2D eigenvalue weighted by Gasteiger charge is -2.35. The van der Waals surface area contributed by atoms with Crippen LogP contribution < -0.4 is 5.32 Å². The Morgan fingerprint density at radius 3 is 2.29 bits per heavy atom. The highest BCUT2D eigenvalue weighted by molar-refractivity contribution is 6.30. The number of halogens is 2. The Kier molecular flexibility index (Phi) is 8.63. The van der Waals surface area contributed by atoms with E-state index in [9.17, 15) is 14.0 Å². The third-order valence-corrected chi connectivity index (χ3v) is 6.06. The number of rotatable bonds is 5. The van der Waals surface area contributed by atoms with Gasteiger partial charge in [-0.05, 0) is 67.0 Å². The second kappa shape index (κ2) is 10.8. The molecule has 2 aromatic carbocycles. The molecule has 1 fully saturated rings.